The summed E-state index contributed by atoms with van der Waals surface area (Å²) >= 11 is 0. The van der Waals surface area contributed by atoms with Gasteiger partial charge in [-0.1, -0.05) is 12.1 Å². The Morgan fingerprint density at radius 1 is 1.27 bits per heavy atom. The minimum absolute atomic E-state index is 0.146. The van der Waals surface area contributed by atoms with E-state index in [0.717, 1.165) is 51.6 Å². The first-order valence-electron chi connectivity index (χ1n) is 9.70. The zero-order valence-electron chi connectivity index (χ0n) is 16.3. The molecule has 2 aliphatic heterocycles. The molecule has 2 heterocycles. The van der Waals surface area contributed by atoms with Crippen LogP contribution in [-0.2, 0) is 16.0 Å². The SMILES string of the molecule is CCNC(=NCc1cccc(N(C)C)c1)N1CCOC(C2CCCO2)C1. The van der Waals surface area contributed by atoms with Gasteiger partial charge in [-0.25, -0.2) is 4.99 Å². The summed E-state index contributed by atoms with van der Waals surface area (Å²) < 4.78 is 11.8. The van der Waals surface area contributed by atoms with E-state index in [0.29, 0.717) is 6.54 Å². The Balaban J connectivity index is 1.67. The van der Waals surface area contributed by atoms with Crippen LogP contribution in [0.25, 0.3) is 0 Å². The molecule has 1 aromatic carbocycles. The predicted octanol–water partition coefficient (Wildman–Crippen LogP) is 2.10. The van der Waals surface area contributed by atoms with Crippen LogP contribution in [0.2, 0.25) is 0 Å². The Morgan fingerprint density at radius 3 is 2.85 bits per heavy atom. The number of rotatable bonds is 5. The fourth-order valence-corrected chi connectivity index (χ4v) is 3.51. The first kappa shape index (κ1) is 19.0. The quantitative estimate of drug-likeness (QED) is 0.644. The number of anilines is 1. The van der Waals surface area contributed by atoms with Crippen molar-refractivity contribution in [2.75, 3.05) is 51.8 Å². The van der Waals surface area contributed by atoms with Gasteiger partial charge in [0.2, 0.25) is 0 Å². The van der Waals surface area contributed by atoms with Crippen LogP contribution in [0.5, 0.6) is 0 Å². The molecule has 2 atom stereocenters. The lowest BCUT2D eigenvalue weighted by atomic mass is 10.1. The minimum atomic E-state index is 0.146. The van der Waals surface area contributed by atoms with Crippen molar-refractivity contribution < 1.29 is 9.47 Å². The summed E-state index contributed by atoms with van der Waals surface area (Å²) in [7, 11) is 4.12. The van der Waals surface area contributed by atoms with E-state index in [1.807, 2.05) is 0 Å². The molecule has 0 amide bonds. The summed E-state index contributed by atoms with van der Waals surface area (Å²) in [4.78, 5) is 9.32. The number of nitrogens with one attached hydrogen (secondary N) is 1. The van der Waals surface area contributed by atoms with Crippen molar-refractivity contribution in [3.05, 3.63) is 29.8 Å². The van der Waals surface area contributed by atoms with Crippen LogP contribution in [0.15, 0.2) is 29.3 Å². The Bertz CT molecular complexity index is 599. The summed E-state index contributed by atoms with van der Waals surface area (Å²) in [5.41, 5.74) is 2.42. The van der Waals surface area contributed by atoms with Crippen molar-refractivity contribution in [3.8, 4) is 0 Å². The molecule has 0 radical (unpaired) electrons. The Kier molecular flexibility index (Phi) is 6.74. The molecule has 0 aliphatic carbocycles. The van der Waals surface area contributed by atoms with Gasteiger partial charge in [0.25, 0.3) is 0 Å². The van der Waals surface area contributed by atoms with Crippen LogP contribution in [0.4, 0.5) is 5.69 Å². The number of benzene rings is 1. The molecule has 0 bridgehead atoms. The third-order valence-corrected chi connectivity index (χ3v) is 4.95. The zero-order chi connectivity index (χ0) is 18.4. The van der Waals surface area contributed by atoms with Crippen molar-refractivity contribution in [3.63, 3.8) is 0 Å². The van der Waals surface area contributed by atoms with E-state index in [-0.39, 0.29) is 12.2 Å². The molecule has 2 aliphatic rings. The molecule has 26 heavy (non-hydrogen) atoms. The van der Waals surface area contributed by atoms with E-state index in [1.54, 1.807) is 0 Å². The summed E-state index contributed by atoms with van der Waals surface area (Å²) in [6.07, 6.45) is 2.62. The Labute approximate surface area is 157 Å². The van der Waals surface area contributed by atoms with Crippen molar-refractivity contribution in [1.82, 2.24) is 10.2 Å². The predicted molar refractivity (Wildman–Crippen MR) is 106 cm³/mol. The van der Waals surface area contributed by atoms with Crippen LogP contribution in [0.1, 0.15) is 25.3 Å². The molecule has 2 unspecified atom stereocenters. The smallest absolute Gasteiger partial charge is 0.194 e. The molecule has 1 N–H and O–H groups in total. The second-order valence-corrected chi connectivity index (χ2v) is 7.14. The lowest BCUT2D eigenvalue weighted by Gasteiger charge is -2.37. The minimum Gasteiger partial charge on any atom is -0.378 e. The molecule has 2 saturated heterocycles. The maximum atomic E-state index is 5.97. The van der Waals surface area contributed by atoms with Gasteiger partial charge in [-0.3, -0.25) is 0 Å². The topological polar surface area (TPSA) is 49.3 Å². The zero-order valence-corrected chi connectivity index (χ0v) is 16.3. The third kappa shape index (κ3) is 4.89. The van der Waals surface area contributed by atoms with Crippen LogP contribution in [0.3, 0.4) is 0 Å². The number of morpholine rings is 1. The van der Waals surface area contributed by atoms with Crippen molar-refractivity contribution in [1.29, 1.82) is 0 Å². The lowest BCUT2D eigenvalue weighted by molar-refractivity contribution is -0.0817. The fraction of sp³-hybridized carbons (Fsp3) is 0.650. The standard InChI is InChI=1S/C20H32N4O2/c1-4-21-20(22-14-16-7-5-8-17(13-16)23(2)3)24-10-12-26-19(15-24)18-9-6-11-25-18/h5,7-8,13,18-19H,4,6,9-12,14-15H2,1-3H3,(H,21,22). The van der Waals surface area contributed by atoms with E-state index in [9.17, 15) is 0 Å². The molecule has 6 nitrogen and oxygen atoms in total. The molecule has 0 saturated carbocycles. The second-order valence-electron chi connectivity index (χ2n) is 7.14. The molecule has 1 aromatic rings. The Hall–Kier alpha value is -1.79. The number of nitrogens with zero attached hydrogens (tertiary/aromatic N) is 3. The summed E-state index contributed by atoms with van der Waals surface area (Å²) in [5.74, 6) is 0.967. The highest BCUT2D eigenvalue weighted by Crippen LogP contribution is 2.21. The van der Waals surface area contributed by atoms with E-state index in [1.165, 1.54) is 11.3 Å². The lowest BCUT2D eigenvalue weighted by Crippen LogP contribution is -2.53. The molecular formula is C20H32N4O2. The number of ether oxygens (including phenoxy) is 2. The molecule has 0 spiro atoms. The Morgan fingerprint density at radius 2 is 2.12 bits per heavy atom. The number of aliphatic imine (C=N–C) groups is 1. The normalized spacial score (nSPS) is 24.0. The van der Waals surface area contributed by atoms with Crippen LogP contribution in [0, 0.1) is 0 Å². The van der Waals surface area contributed by atoms with E-state index in [4.69, 9.17) is 14.5 Å². The average molecular weight is 361 g/mol. The molecule has 6 heteroatoms. The van der Waals surface area contributed by atoms with Crippen LogP contribution in [-0.4, -0.2) is 70.0 Å². The monoisotopic (exact) mass is 360 g/mol. The first-order chi connectivity index (χ1) is 12.7. The number of guanidine groups is 1. The van der Waals surface area contributed by atoms with Gasteiger partial charge in [-0.15, -0.1) is 0 Å². The van der Waals surface area contributed by atoms with Crippen LogP contribution < -0.4 is 10.2 Å². The molecule has 2 fully saturated rings. The highest BCUT2D eigenvalue weighted by molar-refractivity contribution is 5.80. The van der Waals surface area contributed by atoms with E-state index in [2.05, 4.69) is 60.4 Å². The molecule has 0 aromatic heterocycles. The largest absolute Gasteiger partial charge is 0.378 e. The maximum Gasteiger partial charge on any atom is 0.194 e. The molecular weight excluding hydrogens is 328 g/mol. The van der Waals surface area contributed by atoms with Gasteiger partial charge in [0, 0.05) is 46.0 Å². The summed E-state index contributed by atoms with van der Waals surface area (Å²) in [5, 5.41) is 3.44. The number of hydrogen-bond donors (Lipinski definition) is 1. The van der Waals surface area contributed by atoms with Gasteiger partial charge in [0.05, 0.1) is 19.3 Å². The van der Waals surface area contributed by atoms with Gasteiger partial charge >= 0.3 is 0 Å². The fourth-order valence-electron chi connectivity index (χ4n) is 3.51. The van der Waals surface area contributed by atoms with Gasteiger partial charge in [-0.05, 0) is 37.5 Å². The second kappa shape index (κ2) is 9.24. The van der Waals surface area contributed by atoms with Crippen molar-refractivity contribution >= 4 is 11.6 Å². The van der Waals surface area contributed by atoms with Crippen molar-refractivity contribution in [2.24, 2.45) is 4.99 Å². The highest BCUT2D eigenvalue weighted by Gasteiger charge is 2.32. The average Bonchev–Trinajstić information content (AvgIpc) is 3.20. The number of hydrogen-bond acceptors (Lipinski definition) is 4. The van der Waals surface area contributed by atoms with Crippen molar-refractivity contribution in [2.45, 2.75) is 38.5 Å². The van der Waals surface area contributed by atoms with E-state index < -0.39 is 0 Å². The third-order valence-electron chi connectivity index (χ3n) is 4.95. The van der Waals surface area contributed by atoms with Gasteiger partial charge in [0.1, 0.15) is 6.10 Å². The molecule has 144 valence electrons. The van der Waals surface area contributed by atoms with Crippen LogP contribution >= 0.6 is 0 Å². The summed E-state index contributed by atoms with van der Waals surface area (Å²) in [6, 6.07) is 8.54. The highest BCUT2D eigenvalue weighted by atomic mass is 16.5. The maximum absolute atomic E-state index is 5.97. The van der Waals surface area contributed by atoms with Gasteiger partial charge < -0.3 is 24.6 Å². The summed E-state index contributed by atoms with van der Waals surface area (Å²) in [6.45, 7) is 6.94. The van der Waals surface area contributed by atoms with Gasteiger partial charge in [0.15, 0.2) is 5.96 Å². The van der Waals surface area contributed by atoms with E-state index >= 15 is 0 Å². The van der Waals surface area contributed by atoms with Gasteiger partial charge in [-0.2, -0.15) is 0 Å². The molecule has 3 rings (SSSR count). The first-order valence-corrected chi connectivity index (χ1v) is 9.70.